The molecule has 82 valence electrons. The molecule has 4 heteroatoms. The zero-order valence-corrected chi connectivity index (χ0v) is 8.48. The minimum absolute atomic E-state index is 0.141. The Hall–Kier alpha value is -1.55. The van der Waals surface area contributed by atoms with Crippen LogP contribution in [0.2, 0.25) is 0 Å². The second-order valence-corrected chi connectivity index (χ2v) is 3.18. The zero-order chi connectivity index (χ0) is 11.1. The quantitative estimate of drug-likeness (QED) is 0.715. The summed E-state index contributed by atoms with van der Waals surface area (Å²) < 4.78 is 5.29. The molecule has 0 saturated heterocycles. The van der Waals surface area contributed by atoms with Crippen molar-refractivity contribution in [3.8, 4) is 5.75 Å². The van der Waals surface area contributed by atoms with E-state index in [9.17, 15) is 4.79 Å². The monoisotopic (exact) mass is 209 g/mol. The number of aliphatic hydroxyl groups excluding tert-OH is 1. The lowest BCUT2D eigenvalue weighted by Crippen LogP contribution is -2.14. The fourth-order valence-corrected chi connectivity index (χ4v) is 1.15. The molecule has 1 amide bonds. The van der Waals surface area contributed by atoms with Crippen molar-refractivity contribution < 1.29 is 14.6 Å². The Morgan fingerprint density at radius 2 is 2.00 bits per heavy atom. The molecule has 0 aliphatic rings. The van der Waals surface area contributed by atoms with Crippen molar-refractivity contribution in [1.29, 1.82) is 0 Å². The standard InChI is InChI=1S/C11H15NO3/c12-11(14)6-8-15-10-3-1-9(2-4-10)5-7-13/h1-4,13H,5-8H2,(H2,12,14). The molecule has 0 aliphatic heterocycles. The summed E-state index contributed by atoms with van der Waals surface area (Å²) in [5.41, 5.74) is 6.03. The van der Waals surface area contributed by atoms with E-state index in [1.165, 1.54) is 0 Å². The van der Waals surface area contributed by atoms with Gasteiger partial charge in [0.2, 0.25) is 5.91 Å². The van der Waals surface area contributed by atoms with E-state index in [-0.39, 0.29) is 18.9 Å². The normalized spacial score (nSPS) is 9.93. The molecular weight excluding hydrogens is 194 g/mol. The van der Waals surface area contributed by atoms with Gasteiger partial charge < -0.3 is 15.6 Å². The molecule has 4 nitrogen and oxygen atoms in total. The van der Waals surface area contributed by atoms with Crippen LogP contribution in [0.25, 0.3) is 0 Å². The molecule has 0 atom stereocenters. The third-order valence-corrected chi connectivity index (χ3v) is 1.94. The highest BCUT2D eigenvalue weighted by Gasteiger charge is 1.97. The fourth-order valence-electron chi connectivity index (χ4n) is 1.15. The molecule has 0 radical (unpaired) electrons. The highest BCUT2D eigenvalue weighted by molar-refractivity contribution is 5.73. The average molecular weight is 209 g/mol. The van der Waals surface area contributed by atoms with Crippen LogP contribution >= 0.6 is 0 Å². The first kappa shape index (κ1) is 11.5. The van der Waals surface area contributed by atoms with Crippen LogP contribution in [-0.4, -0.2) is 24.2 Å². The van der Waals surface area contributed by atoms with Crippen LogP contribution in [-0.2, 0) is 11.2 Å². The third kappa shape index (κ3) is 4.46. The van der Waals surface area contributed by atoms with Crippen LogP contribution in [0.5, 0.6) is 5.75 Å². The maximum Gasteiger partial charge on any atom is 0.220 e. The topological polar surface area (TPSA) is 72.6 Å². The molecular formula is C11H15NO3. The van der Waals surface area contributed by atoms with Gasteiger partial charge in [0, 0.05) is 6.61 Å². The Balaban J connectivity index is 2.39. The van der Waals surface area contributed by atoms with E-state index in [2.05, 4.69) is 0 Å². The van der Waals surface area contributed by atoms with Crippen LogP contribution in [0.4, 0.5) is 0 Å². The number of hydrogen-bond donors (Lipinski definition) is 2. The van der Waals surface area contributed by atoms with Crippen LogP contribution in [0, 0.1) is 0 Å². The number of carbonyl (C=O) groups is 1. The van der Waals surface area contributed by atoms with Gasteiger partial charge in [-0.3, -0.25) is 4.79 Å². The highest BCUT2D eigenvalue weighted by Crippen LogP contribution is 2.12. The lowest BCUT2D eigenvalue weighted by atomic mass is 10.1. The molecule has 0 bridgehead atoms. The van der Waals surface area contributed by atoms with E-state index in [1.54, 1.807) is 0 Å². The minimum Gasteiger partial charge on any atom is -0.493 e. The zero-order valence-electron chi connectivity index (χ0n) is 8.48. The molecule has 0 aromatic heterocycles. The summed E-state index contributed by atoms with van der Waals surface area (Å²) in [6, 6.07) is 7.39. The summed E-state index contributed by atoms with van der Waals surface area (Å²) in [6.07, 6.45) is 0.861. The van der Waals surface area contributed by atoms with Crippen LogP contribution in [0.15, 0.2) is 24.3 Å². The molecule has 0 saturated carbocycles. The van der Waals surface area contributed by atoms with Crippen molar-refractivity contribution in [2.75, 3.05) is 13.2 Å². The Kier molecular flexibility index (Phi) is 4.63. The summed E-state index contributed by atoms with van der Waals surface area (Å²) in [7, 11) is 0. The fraction of sp³-hybridized carbons (Fsp3) is 0.364. The average Bonchev–Trinajstić information content (AvgIpc) is 2.20. The van der Waals surface area contributed by atoms with Gasteiger partial charge in [0.25, 0.3) is 0 Å². The maximum atomic E-state index is 10.4. The van der Waals surface area contributed by atoms with Gasteiger partial charge in [0.1, 0.15) is 5.75 Å². The van der Waals surface area contributed by atoms with Crippen molar-refractivity contribution >= 4 is 5.91 Å². The molecule has 0 heterocycles. The lowest BCUT2D eigenvalue weighted by molar-refractivity contribution is -0.118. The Bertz CT molecular complexity index is 308. The van der Waals surface area contributed by atoms with E-state index in [4.69, 9.17) is 15.6 Å². The van der Waals surface area contributed by atoms with E-state index in [0.29, 0.717) is 18.8 Å². The van der Waals surface area contributed by atoms with Gasteiger partial charge in [0.05, 0.1) is 13.0 Å². The Labute approximate surface area is 88.7 Å². The summed E-state index contributed by atoms with van der Waals surface area (Å²) in [4.78, 5) is 10.4. The molecule has 0 spiro atoms. The van der Waals surface area contributed by atoms with E-state index >= 15 is 0 Å². The number of ether oxygens (including phenoxy) is 1. The summed E-state index contributed by atoms with van der Waals surface area (Å²) in [5, 5.41) is 8.71. The van der Waals surface area contributed by atoms with Crippen molar-refractivity contribution in [3.05, 3.63) is 29.8 Å². The van der Waals surface area contributed by atoms with Gasteiger partial charge in [-0.2, -0.15) is 0 Å². The predicted octanol–water partition coefficient (Wildman–Crippen LogP) is 0.476. The Morgan fingerprint density at radius 3 is 2.53 bits per heavy atom. The van der Waals surface area contributed by atoms with Crippen molar-refractivity contribution in [2.45, 2.75) is 12.8 Å². The number of amides is 1. The molecule has 15 heavy (non-hydrogen) atoms. The van der Waals surface area contributed by atoms with Crippen LogP contribution in [0.3, 0.4) is 0 Å². The number of nitrogens with two attached hydrogens (primary N) is 1. The third-order valence-electron chi connectivity index (χ3n) is 1.94. The van der Waals surface area contributed by atoms with Crippen molar-refractivity contribution in [1.82, 2.24) is 0 Å². The van der Waals surface area contributed by atoms with Gasteiger partial charge in [-0.1, -0.05) is 12.1 Å². The number of primary amides is 1. The maximum absolute atomic E-state index is 10.4. The van der Waals surface area contributed by atoms with E-state index in [0.717, 1.165) is 5.56 Å². The van der Waals surface area contributed by atoms with Gasteiger partial charge >= 0.3 is 0 Å². The molecule has 0 aliphatic carbocycles. The lowest BCUT2D eigenvalue weighted by Gasteiger charge is -2.05. The first-order valence-electron chi connectivity index (χ1n) is 4.83. The van der Waals surface area contributed by atoms with Gasteiger partial charge in [-0.25, -0.2) is 0 Å². The molecule has 1 rings (SSSR count). The largest absolute Gasteiger partial charge is 0.493 e. The molecule has 1 aromatic carbocycles. The van der Waals surface area contributed by atoms with Gasteiger partial charge in [-0.05, 0) is 24.1 Å². The van der Waals surface area contributed by atoms with E-state index < -0.39 is 0 Å². The van der Waals surface area contributed by atoms with Crippen molar-refractivity contribution in [3.63, 3.8) is 0 Å². The van der Waals surface area contributed by atoms with Crippen LogP contribution in [0.1, 0.15) is 12.0 Å². The summed E-state index contributed by atoms with van der Waals surface area (Å²) in [5.74, 6) is 0.338. The predicted molar refractivity (Wildman–Crippen MR) is 56.5 cm³/mol. The Morgan fingerprint density at radius 1 is 1.33 bits per heavy atom. The highest BCUT2D eigenvalue weighted by atomic mass is 16.5. The minimum atomic E-state index is -0.369. The SMILES string of the molecule is NC(=O)CCOc1ccc(CCO)cc1. The molecule has 0 unspecified atom stereocenters. The number of carbonyl (C=O) groups excluding carboxylic acids is 1. The van der Waals surface area contributed by atoms with E-state index in [1.807, 2.05) is 24.3 Å². The second-order valence-electron chi connectivity index (χ2n) is 3.18. The van der Waals surface area contributed by atoms with Crippen LogP contribution < -0.4 is 10.5 Å². The first-order chi connectivity index (χ1) is 7.22. The molecule has 3 N–H and O–H groups in total. The number of benzene rings is 1. The molecule has 0 fully saturated rings. The molecule has 1 aromatic rings. The number of rotatable bonds is 6. The second kappa shape index (κ2) is 6.03. The van der Waals surface area contributed by atoms with Crippen molar-refractivity contribution in [2.24, 2.45) is 5.73 Å². The van der Waals surface area contributed by atoms with Gasteiger partial charge in [-0.15, -0.1) is 0 Å². The first-order valence-corrected chi connectivity index (χ1v) is 4.83. The number of aliphatic hydroxyl groups is 1. The smallest absolute Gasteiger partial charge is 0.220 e. The van der Waals surface area contributed by atoms with Gasteiger partial charge in [0.15, 0.2) is 0 Å². The summed E-state index contributed by atoms with van der Waals surface area (Å²) in [6.45, 7) is 0.441. The summed E-state index contributed by atoms with van der Waals surface area (Å²) >= 11 is 0. The number of hydrogen-bond acceptors (Lipinski definition) is 3.